The highest BCUT2D eigenvalue weighted by atomic mass is 15.1. The van der Waals surface area contributed by atoms with E-state index in [-0.39, 0.29) is 6.17 Å². The van der Waals surface area contributed by atoms with E-state index in [1.807, 2.05) is 0 Å². The first-order valence-electron chi connectivity index (χ1n) is 7.73. The Morgan fingerprint density at radius 1 is 0.870 bits per heavy atom. The Morgan fingerprint density at radius 2 is 1.48 bits per heavy atom. The van der Waals surface area contributed by atoms with Crippen molar-refractivity contribution in [2.45, 2.75) is 6.17 Å². The number of hydrogen-bond donors (Lipinski definition) is 2. The smallest absolute Gasteiger partial charge is 0.123 e. The molecule has 0 atom stereocenters. The van der Waals surface area contributed by atoms with E-state index in [2.05, 4.69) is 84.5 Å². The quantitative estimate of drug-likeness (QED) is 0.617. The maximum absolute atomic E-state index is 3.99. The number of nitrogens with one attached hydrogen (secondary N) is 2. The first-order chi connectivity index (χ1) is 11.3. The van der Waals surface area contributed by atoms with Gasteiger partial charge in [0, 0.05) is 16.8 Å². The monoisotopic (exact) mass is 298 g/mol. The van der Waals surface area contributed by atoms with Crippen LogP contribution in [0.3, 0.4) is 0 Å². The van der Waals surface area contributed by atoms with Gasteiger partial charge in [-0.15, -0.1) is 0 Å². The molecule has 0 aliphatic carbocycles. The van der Waals surface area contributed by atoms with Gasteiger partial charge in [-0.05, 0) is 34.2 Å². The van der Waals surface area contributed by atoms with E-state index in [0.717, 1.165) is 11.1 Å². The van der Waals surface area contributed by atoms with Crippen molar-refractivity contribution in [1.82, 2.24) is 0 Å². The van der Waals surface area contributed by atoms with Crippen molar-refractivity contribution in [2.75, 3.05) is 10.6 Å². The Labute approximate surface area is 136 Å². The zero-order valence-corrected chi connectivity index (χ0v) is 12.8. The lowest BCUT2D eigenvalue weighted by Gasteiger charge is -2.30. The van der Waals surface area contributed by atoms with Gasteiger partial charge in [0.05, 0.1) is 0 Å². The summed E-state index contributed by atoms with van der Waals surface area (Å²) in [4.78, 5) is 0. The van der Waals surface area contributed by atoms with Crippen molar-refractivity contribution < 1.29 is 0 Å². The second-order valence-corrected chi connectivity index (χ2v) is 5.78. The summed E-state index contributed by atoms with van der Waals surface area (Å²) in [6, 6.07) is 21.2. The molecule has 0 aromatic heterocycles. The minimum absolute atomic E-state index is 0.0570. The maximum Gasteiger partial charge on any atom is 0.123 e. The van der Waals surface area contributed by atoms with Crippen LogP contribution in [0.4, 0.5) is 11.4 Å². The van der Waals surface area contributed by atoms with Crippen molar-refractivity contribution in [2.24, 2.45) is 0 Å². The second-order valence-electron chi connectivity index (χ2n) is 5.78. The normalized spacial score (nSPS) is 13.2. The lowest BCUT2D eigenvalue weighted by atomic mass is 10.0. The molecule has 1 aliphatic heterocycles. The van der Waals surface area contributed by atoms with E-state index in [1.165, 1.54) is 27.7 Å². The molecule has 2 N–H and O–H groups in total. The predicted molar refractivity (Wildman–Crippen MR) is 99.6 cm³/mol. The lowest BCUT2D eigenvalue weighted by molar-refractivity contribution is 0.897. The fourth-order valence-electron chi connectivity index (χ4n) is 3.10. The van der Waals surface area contributed by atoms with Gasteiger partial charge in [-0.25, -0.2) is 0 Å². The predicted octanol–water partition coefficient (Wildman–Crippen LogP) is 5.58. The summed E-state index contributed by atoms with van der Waals surface area (Å²) in [7, 11) is 0. The zero-order valence-electron chi connectivity index (χ0n) is 12.8. The van der Waals surface area contributed by atoms with Gasteiger partial charge in [0.15, 0.2) is 0 Å². The molecule has 3 aromatic rings. The molecule has 1 heterocycles. The van der Waals surface area contributed by atoms with Crippen LogP contribution in [0, 0.1) is 0 Å². The van der Waals surface area contributed by atoms with Crippen molar-refractivity contribution >= 4 is 27.7 Å². The fraction of sp³-hybridized carbons (Fsp3) is 0.0476. The molecule has 0 spiro atoms. The van der Waals surface area contributed by atoms with Gasteiger partial charge in [0.1, 0.15) is 6.17 Å². The molecule has 4 rings (SSSR count). The molecule has 3 aromatic carbocycles. The number of rotatable bonds is 3. The van der Waals surface area contributed by atoms with E-state index < -0.39 is 0 Å². The molecule has 0 saturated carbocycles. The van der Waals surface area contributed by atoms with Crippen LogP contribution in [0.1, 0.15) is 17.3 Å². The minimum Gasteiger partial charge on any atom is -0.361 e. The van der Waals surface area contributed by atoms with Crippen LogP contribution in [0.15, 0.2) is 79.9 Å². The molecule has 0 radical (unpaired) electrons. The molecule has 0 bridgehead atoms. The maximum atomic E-state index is 3.99. The third-order valence-corrected chi connectivity index (χ3v) is 4.37. The third-order valence-electron chi connectivity index (χ3n) is 4.37. The molecular formula is C21H18N2. The highest BCUT2D eigenvalue weighted by Gasteiger charge is 2.19. The van der Waals surface area contributed by atoms with Crippen LogP contribution in [0.25, 0.3) is 16.3 Å². The topological polar surface area (TPSA) is 24.1 Å². The van der Waals surface area contributed by atoms with E-state index in [9.17, 15) is 0 Å². The standard InChI is InChI=1S/C21H18N2/c1-3-14(2)15-10-12-17(13-11-15)21-22-18-8-4-6-16-7-5-9-19(23-21)20(16)18/h3-13,21-23H,1-2H2. The summed E-state index contributed by atoms with van der Waals surface area (Å²) in [5.74, 6) is 0. The highest BCUT2D eigenvalue weighted by Crippen LogP contribution is 2.38. The summed E-state index contributed by atoms with van der Waals surface area (Å²) in [6.45, 7) is 7.76. The summed E-state index contributed by atoms with van der Waals surface area (Å²) in [6.07, 6.45) is 1.84. The molecule has 112 valence electrons. The molecule has 2 heteroatoms. The Bertz CT molecular complexity index is 866. The van der Waals surface area contributed by atoms with Crippen LogP contribution in [-0.2, 0) is 0 Å². The Balaban J connectivity index is 1.70. The van der Waals surface area contributed by atoms with Crippen LogP contribution >= 0.6 is 0 Å². The Hall–Kier alpha value is -3.00. The number of allylic oxidation sites excluding steroid dienone is 2. The Morgan fingerprint density at radius 3 is 2.04 bits per heavy atom. The van der Waals surface area contributed by atoms with Gasteiger partial charge in [-0.1, -0.05) is 67.8 Å². The number of anilines is 2. The van der Waals surface area contributed by atoms with Crippen molar-refractivity contribution in [3.05, 3.63) is 91.0 Å². The van der Waals surface area contributed by atoms with Gasteiger partial charge in [0.25, 0.3) is 0 Å². The molecule has 2 nitrogen and oxygen atoms in total. The molecule has 0 fully saturated rings. The van der Waals surface area contributed by atoms with Crippen LogP contribution in [0.5, 0.6) is 0 Å². The molecule has 0 saturated heterocycles. The summed E-state index contributed by atoms with van der Waals surface area (Å²) in [5.41, 5.74) is 5.57. The second kappa shape index (κ2) is 5.33. The highest BCUT2D eigenvalue weighted by molar-refractivity contribution is 6.04. The third kappa shape index (κ3) is 2.29. The van der Waals surface area contributed by atoms with Crippen LogP contribution < -0.4 is 10.6 Å². The molecule has 0 amide bonds. The molecule has 1 aliphatic rings. The average molecular weight is 298 g/mol. The summed E-state index contributed by atoms with van der Waals surface area (Å²) >= 11 is 0. The van der Waals surface area contributed by atoms with E-state index in [1.54, 1.807) is 6.08 Å². The van der Waals surface area contributed by atoms with Gasteiger partial charge >= 0.3 is 0 Å². The molecule has 0 unspecified atom stereocenters. The van der Waals surface area contributed by atoms with Gasteiger partial charge < -0.3 is 10.6 Å². The van der Waals surface area contributed by atoms with Crippen LogP contribution in [0.2, 0.25) is 0 Å². The fourth-order valence-corrected chi connectivity index (χ4v) is 3.10. The van der Waals surface area contributed by atoms with E-state index in [4.69, 9.17) is 0 Å². The van der Waals surface area contributed by atoms with Gasteiger partial charge in [-0.2, -0.15) is 0 Å². The van der Waals surface area contributed by atoms with E-state index in [0.29, 0.717) is 0 Å². The van der Waals surface area contributed by atoms with Gasteiger partial charge in [-0.3, -0.25) is 0 Å². The number of hydrogen-bond acceptors (Lipinski definition) is 2. The Kier molecular flexibility index (Phi) is 3.16. The zero-order chi connectivity index (χ0) is 15.8. The van der Waals surface area contributed by atoms with Crippen LogP contribution in [-0.4, -0.2) is 0 Å². The first-order valence-corrected chi connectivity index (χ1v) is 7.73. The molecule has 23 heavy (non-hydrogen) atoms. The average Bonchev–Trinajstić information content (AvgIpc) is 2.61. The summed E-state index contributed by atoms with van der Waals surface area (Å²) in [5, 5.41) is 9.67. The first kappa shape index (κ1) is 13.6. The lowest BCUT2D eigenvalue weighted by Crippen LogP contribution is -2.23. The minimum atomic E-state index is 0.0570. The van der Waals surface area contributed by atoms with Crippen molar-refractivity contribution in [3.8, 4) is 0 Å². The van der Waals surface area contributed by atoms with E-state index >= 15 is 0 Å². The number of benzene rings is 3. The van der Waals surface area contributed by atoms with Gasteiger partial charge in [0.2, 0.25) is 0 Å². The molecular weight excluding hydrogens is 280 g/mol. The van der Waals surface area contributed by atoms with Crippen molar-refractivity contribution in [3.63, 3.8) is 0 Å². The summed E-state index contributed by atoms with van der Waals surface area (Å²) < 4.78 is 0. The van der Waals surface area contributed by atoms with Crippen molar-refractivity contribution in [1.29, 1.82) is 0 Å². The largest absolute Gasteiger partial charge is 0.361 e. The SMILES string of the molecule is C=CC(=C)c1ccc(C2Nc3cccc4cccc(c34)N2)cc1.